The lowest BCUT2D eigenvalue weighted by molar-refractivity contribution is -0.0501. The summed E-state index contributed by atoms with van der Waals surface area (Å²) in [6.45, 7) is 2.24. The molecular formula is C27H29IO. The Bertz CT molecular complexity index is 762. The molecule has 0 amide bonds. The Morgan fingerprint density at radius 1 is 0.793 bits per heavy atom. The monoisotopic (exact) mass is 496 g/mol. The van der Waals surface area contributed by atoms with Crippen LogP contribution in [-0.2, 0) is 10.3 Å². The molecule has 0 spiro atoms. The lowest BCUT2D eigenvalue weighted by Crippen LogP contribution is -2.37. The molecule has 0 N–H and O–H groups in total. The first-order chi connectivity index (χ1) is 14.3. The van der Waals surface area contributed by atoms with Gasteiger partial charge in [0, 0.05) is 0 Å². The number of rotatable bonds is 10. The second kappa shape index (κ2) is 11.3. The molecule has 150 valence electrons. The van der Waals surface area contributed by atoms with Gasteiger partial charge in [-0.05, 0) is 33.6 Å². The fourth-order valence-electron chi connectivity index (χ4n) is 3.83. The first-order valence-electron chi connectivity index (χ1n) is 10.4. The molecule has 0 heterocycles. The van der Waals surface area contributed by atoms with Gasteiger partial charge in [0.25, 0.3) is 0 Å². The standard InChI is InChI=1S/C27H29IO/c1-2-3-20-26(21-13-22-28)29-27(23-14-7-4-8-15-23,24-16-9-5-10-17-24)25-18-11-6-12-19-25/h4-19,22,26H,2-3,20-21H2,1H3. The molecular weight excluding hydrogens is 467 g/mol. The molecule has 0 aliphatic rings. The van der Waals surface area contributed by atoms with Crippen molar-refractivity contribution in [3.8, 4) is 0 Å². The largest absolute Gasteiger partial charge is 0.357 e. The summed E-state index contributed by atoms with van der Waals surface area (Å²) in [6, 6.07) is 31.9. The maximum absolute atomic E-state index is 7.15. The van der Waals surface area contributed by atoms with E-state index in [-0.39, 0.29) is 6.10 Å². The second-order valence-electron chi connectivity index (χ2n) is 7.26. The number of hydrogen-bond acceptors (Lipinski definition) is 1. The minimum absolute atomic E-state index is 0.140. The van der Waals surface area contributed by atoms with Gasteiger partial charge in [-0.25, -0.2) is 0 Å². The fraction of sp³-hybridized carbons (Fsp3) is 0.259. The Labute approximate surface area is 189 Å². The molecule has 0 fully saturated rings. The Morgan fingerprint density at radius 2 is 1.24 bits per heavy atom. The minimum atomic E-state index is -0.638. The van der Waals surface area contributed by atoms with Gasteiger partial charge >= 0.3 is 0 Å². The van der Waals surface area contributed by atoms with E-state index in [1.165, 1.54) is 6.42 Å². The molecule has 0 saturated carbocycles. The number of halogens is 1. The molecule has 0 bridgehead atoms. The number of unbranched alkanes of at least 4 members (excludes halogenated alkanes) is 1. The van der Waals surface area contributed by atoms with Crippen molar-refractivity contribution in [1.29, 1.82) is 0 Å². The highest BCUT2D eigenvalue weighted by Crippen LogP contribution is 2.42. The number of ether oxygens (including phenoxy) is 1. The van der Waals surface area contributed by atoms with Crippen LogP contribution in [0.5, 0.6) is 0 Å². The summed E-state index contributed by atoms with van der Waals surface area (Å²) < 4.78 is 9.24. The van der Waals surface area contributed by atoms with Crippen molar-refractivity contribution in [3.05, 3.63) is 118 Å². The number of hydrogen-bond donors (Lipinski definition) is 0. The van der Waals surface area contributed by atoms with Crippen molar-refractivity contribution in [2.45, 2.75) is 44.3 Å². The van der Waals surface area contributed by atoms with Gasteiger partial charge in [-0.3, -0.25) is 0 Å². The van der Waals surface area contributed by atoms with Crippen molar-refractivity contribution in [2.75, 3.05) is 0 Å². The van der Waals surface area contributed by atoms with Crippen molar-refractivity contribution >= 4 is 22.6 Å². The van der Waals surface area contributed by atoms with Crippen molar-refractivity contribution < 1.29 is 4.74 Å². The maximum Gasteiger partial charge on any atom is 0.144 e. The highest BCUT2D eigenvalue weighted by atomic mass is 127. The van der Waals surface area contributed by atoms with E-state index in [0.717, 1.165) is 36.0 Å². The van der Waals surface area contributed by atoms with Crippen LogP contribution in [0.25, 0.3) is 0 Å². The summed E-state index contributed by atoms with van der Waals surface area (Å²) in [5.41, 5.74) is 2.86. The lowest BCUT2D eigenvalue weighted by atomic mass is 9.79. The third-order valence-corrected chi connectivity index (χ3v) is 5.76. The van der Waals surface area contributed by atoms with E-state index in [1.54, 1.807) is 0 Å². The Kier molecular flexibility index (Phi) is 8.51. The van der Waals surface area contributed by atoms with E-state index in [9.17, 15) is 0 Å². The molecule has 0 aromatic heterocycles. The van der Waals surface area contributed by atoms with Crippen LogP contribution in [0, 0.1) is 0 Å². The van der Waals surface area contributed by atoms with Crippen LogP contribution in [0.4, 0.5) is 0 Å². The molecule has 2 heteroatoms. The van der Waals surface area contributed by atoms with Gasteiger partial charge in [-0.15, -0.1) is 0 Å². The van der Waals surface area contributed by atoms with Gasteiger partial charge in [0.2, 0.25) is 0 Å². The fourth-order valence-corrected chi connectivity index (χ4v) is 4.13. The molecule has 1 unspecified atom stereocenters. The van der Waals surface area contributed by atoms with E-state index in [2.05, 4.69) is 131 Å². The quantitative estimate of drug-likeness (QED) is 0.205. The van der Waals surface area contributed by atoms with Gasteiger partial charge in [-0.1, -0.05) is 139 Å². The Morgan fingerprint density at radius 3 is 1.62 bits per heavy atom. The van der Waals surface area contributed by atoms with Crippen LogP contribution >= 0.6 is 22.6 Å². The number of benzene rings is 3. The third kappa shape index (κ3) is 5.37. The van der Waals surface area contributed by atoms with E-state index >= 15 is 0 Å². The summed E-state index contributed by atoms with van der Waals surface area (Å²) in [7, 11) is 0. The molecule has 3 rings (SSSR count). The van der Waals surface area contributed by atoms with Crippen molar-refractivity contribution in [2.24, 2.45) is 0 Å². The molecule has 1 atom stereocenters. The van der Waals surface area contributed by atoms with E-state index in [4.69, 9.17) is 4.74 Å². The molecule has 0 aliphatic heterocycles. The highest BCUT2D eigenvalue weighted by Gasteiger charge is 2.39. The topological polar surface area (TPSA) is 9.23 Å². The van der Waals surface area contributed by atoms with Crippen LogP contribution in [-0.4, -0.2) is 6.10 Å². The average Bonchev–Trinajstić information content (AvgIpc) is 2.80. The van der Waals surface area contributed by atoms with Crippen molar-refractivity contribution in [1.82, 2.24) is 0 Å². The second-order valence-corrected chi connectivity index (χ2v) is 7.98. The van der Waals surface area contributed by atoms with Crippen LogP contribution < -0.4 is 0 Å². The Balaban J connectivity index is 2.18. The summed E-state index contributed by atoms with van der Waals surface area (Å²) in [6.07, 6.45) is 6.65. The zero-order valence-corrected chi connectivity index (χ0v) is 19.2. The van der Waals surface area contributed by atoms with Crippen molar-refractivity contribution in [3.63, 3.8) is 0 Å². The SMILES string of the molecule is CCCCC(CC=CI)OC(c1ccccc1)(c1ccccc1)c1ccccc1. The van der Waals surface area contributed by atoms with Crippen LogP contribution in [0.2, 0.25) is 0 Å². The van der Waals surface area contributed by atoms with E-state index in [1.807, 2.05) is 0 Å². The van der Waals surface area contributed by atoms with Crippen LogP contribution in [0.3, 0.4) is 0 Å². The van der Waals surface area contributed by atoms with E-state index in [0.29, 0.717) is 0 Å². The zero-order valence-electron chi connectivity index (χ0n) is 17.0. The molecule has 29 heavy (non-hydrogen) atoms. The summed E-state index contributed by atoms with van der Waals surface area (Å²) >= 11 is 2.29. The van der Waals surface area contributed by atoms with E-state index < -0.39 is 5.60 Å². The predicted octanol–water partition coefficient (Wildman–Crippen LogP) is 7.89. The third-order valence-electron chi connectivity index (χ3n) is 5.25. The minimum Gasteiger partial charge on any atom is -0.357 e. The maximum atomic E-state index is 7.15. The highest BCUT2D eigenvalue weighted by molar-refractivity contribution is 14.1. The zero-order chi connectivity index (χ0) is 20.4. The van der Waals surface area contributed by atoms with Gasteiger partial charge in [0.15, 0.2) is 0 Å². The van der Waals surface area contributed by atoms with Crippen LogP contribution in [0.15, 0.2) is 101 Å². The first kappa shape index (κ1) is 21.8. The lowest BCUT2D eigenvalue weighted by Gasteiger charge is -2.39. The summed E-state index contributed by atoms with van der Waals surface area (Å²) in [5.74, 6) is 0. The van der Waals surface area contributed by atoms with Gasteiger partial charge in [0.1, 0.15) is 5.60 Å². The molecule has 0 aliphatic carbocycles. The predicted molar refractivity (Wildman–Crippen MR) is 131 cm³/mol. The van der Waals surface area contributed by atoms with Gasteiger partial charge < -0.3 is 4.74 Å². The van der Waals surface area contributed by atoms with Gasteiger partial charge in [-0.2, -0.15) is 0 Å². The summed E-state index contributed by atoms with van der Waals surface area (Å²) in [5, 5.41) is 0. The molecule has 0 radical (unpaired) electrons. The first-order valence-corrected chi connectivity index (χ1v) is 11.7. The normalized spacial score (nSPS) is 12.9. The molecule has 3 aromatic rings. The Hall–Kier alpha value is -1.91. The molecule has 3 aromatic carbocycles. The van der Waals surface area contributed by atoms with Gasteiger partial charge in [0.05, 0.1) is 6.10 Å². The summed E-state index contributed by atoms with van der Waals surface area (Å²) in [4.78, 5) is 0. The smallest absolute Gasteiger partial charge is 0.144 e. The average molecular weight is 496 g/mol. The van der Waals surface area contributed by atoms with Crippen LogP contribution in [0.1, 0.15) is 49.3 Å². The molecule has 0 saturated heterocycles. The molecule has 1 nitrogen and oxygen atoms in total.